The minimum atomic E-state index is -3.42. The molecule has 3 rings (SSSR count). The van der Waals surface area contributed by atoms with E-state index in [2.05, 4.69) is 4.98 Å². The quantitative estimate of drug-likeness (QED) is 0.630. The van der Waals surface area contributed by atoms with Crippen LogP contribution in [0.2, 0.25) is 0 Å². The zero-order valence-corrected chi connectivity index (χ0v) is 18.7. The Labute approximate surface area is 180 Å². The van der Waals surface area contributed by atoms with Crippen molar-refractivity contribution in [2.24, 2.45) is 5.73 Å². The van der Waals surface area contributed by atoms with E-state index < -0.39 is 15.7 Å². The number of nitrogens with zero attached hydrogens (tertiary/aromatic N) is 3. The summed E-state index contributed by atoms with van der Waals surface area (Å²) in [5.74, 6) is -0.0776. The van der Waals surface area contributed by atoms with Crippen LogP contribution in [-0.4, -0.2) is 55.7 Å². The van der Waals surface area contributed by atoms with Crippen LogP contribution >= 0.6 is 0 Å². The monoisotopic (exact) mass is 444 g/mol. The molecule has 1 aromatic heterocycles. The van der Waals surface area contributed by atoms with Crippen LogP contribution in [0.5, 0.6) is 0 Å². The minimum absolute atomic E-state index is 0.0675. The highest BCUT2D eigenvalue weighted by Crippen LogP contribution is 2.32. The van der Waals surface area contributed by atoms with Gasteiger partial charge in [-0.1, -0.05) is 12.1 Å². The molecule has 0 atom stereocenters. The van der Waals surface area contributed by atoms with E-state index in [0.717, 1.165) is 6.26 Å². The average Bonchev–Trinajstić information content (AvgIpc) is 3.01. The normalized spacial score (nSPS) is 12.4. The molecular formula is C22H25FN4O3S. The number of sulfone groups is 1. The van der Waals surface area contributed by atoms with Crippen LogP contribution < -0.4 is 5.73 Å². The number of fused-ring (bicyclic) bond motifs is 1. The van der Waals surface area contributed by atoms with Crippen molar-refractivity contribution in [2.45, 2.75) is 18.4 Å². The zero-order valence-electron chi connectivity index (χ0n) is 17.9. The molecule has 2 N–H and O–H groups in total. The number of aryl methyl sites for hydroxylation is 1. The Bertz CT molecular complexity index is 1290. The van der Waals surface area contributed by atoms with Crippen molar-refractivity contribution in [3.8, 4) is 11.1 Å². The lowest BCUT2D eigenvalue weighted by Gasteiger charge is -2.14. The molecular weight excluding hydrogens is 419 g/mol. The highest BCUT2D eigenvalue weighted by atomic mass is 32.2. The van der Waals surface area contributed by atoms with Crippen LogP contribution in [0.3, 0.4) is 0 Å². The highest BCUT2D eigenvalue weighted by molar-refractivity contribution is 7.90. The number of carbonyl (C=O) groups is 1. The fourth-order valence-electron chi connectivity index (χ4n) is 3.38. The molecule has 0 radical (unpaired) electrons. The van der Waals surface area contributed by atoms with Gasteiger partial charge in [0.1, 0.15) is 11.7 Å². The summed E-state index contributed by atoms with van der Waals surface area (Å²) in [6, 6.07) is 9.84. The molecule has 3 aromatic rings. The standard InChI is InChI=1S/C22H25FN4O3S/c1-14-25-21-19(15-6-5-7-18(10-15)31(4,29)30)11-16(22(28)26(2)3)12-20(21)27(14)13-17(23)8-9-24/h5-8,10-12H,9,13,24H2,1-4H3/b17-8-. The number of halogens is 1. The number of carbonyl (C=O) groups excluding carboxylic acids is 1. The lowest BCUT2D eigenvalue weighted by Crippen LogP contribution is -2.21. The summed E-state index contributed by atoms with van der Waals surface area (Å²) in [5.41, 5.74) is 8.13. The summed E-state index contributed by atoms with van der Waals surface area (Å²) in [5, 5.41) is 0. The SMILES string of the molecule is Cc1nc2c(-c3cccc(S(C)(=O)=O)c3)cc(C(=O)N(C)C)cc2n1C/C(F)=C/CN. The summed E-state index contributed by atoms with van der Waals surface area (Å²) in [6.45, 7) is 1.76. The van der Waals surface area contributed by atoms with Gasteiger partial charge >= 0.3 is 0 Å². The lowest BCUT2D eigenvalue weighted by molar-refractivity contribution is 0.0827. The smallest absolute Gasteiger partial charge is 0.253 e. The first-order chi connectivity index (χ1) is 14.5. The summed E-state index contributed by atoms with van der Waals surface area (Å²) >= 11 is 0. The van der Waals surface area contributed by atoms with Crippen molar-refractivity contribution in [3.05, 3.63) is 59.7 Å². The van der Waals surface area contributed by atoms with Gasteiger partial charge in [0.15, 0.2) is 9.84 Å². The summed E-state index contributed by atoms with van der Waals surface area (Å²) in [6.07, 6.45) is 2.43. The molecule has 0 aliphatic rings. The predicted octanol–water partition coefficient (Wildman–Crippen LogP) is 2.93. The number of benzene rings is 2. The van der Waals surface area contributed by atoms with Crippen LogP contribution in [0.25, 0.3) is 22.2 Å². The molecule has 9 heteroatoms. The fourth-order valence-corrected chi connectivity index (χ4v) is 4.04. The second-order valence-electron chi connectivity index (χ2n) is 7.52. The van der Waals surface area contributed by atoms with Crippen molar-refractivity contribution < 1.29 is 17.6 Å². The van der Waals surface area contributed by atoms with Crippen molar-refractivity contribution in [1.82, 2.24) is 14.5 Å². The first-order valence-corrected chi connectivity index (χ1v) is 11.5. The van der Waals surface area contributed by atoms with Gasteiger partial charge in [0.05, 0.1) is 22.5 Å². The van der Waals surface area contributed by atoms with Gasteiger partial charge in [-0.2, -0.15) is 0 Å². The maximum absolute atomic E-state index is 14.3. The lowest BCUT2D eigenvalue weighted by atomic mass is 10.0. The van der Waals surface area contributed by atoms with Crippen LogP contribution in [0.15, 0.2) is 53.2 Å². The van der Waals surface area contributed by atoms with Crippen molar-refractivity contribution in [2.75, 3.05) is 26.9 Å². The second kappa shape index (κ2) is 8.60. The number of nitrogens with two attached hydrogens (primary N) is 1. The molecule has 31 heavy (non-hydrogen) atoms. The third-order valence-corrected chi connectivity index (χ3v) is 6.03. The van der Waals surface area contributed by atoms with Gasteiger partial charge < -0.3 is 15.2 Å². The van der Waals surface area contributed by atoms with E-state index >= 15 is 0 Å². The molecule has 1 heterocycles. The molecule has 0 bridgehead atoms. The van der Waals surface area contributed by atoms with Crippen molar-refractivity contribution in [3.63, 3.8) is 0 Å². The Morgan fingerprint density at radius 3 is 2.58 bits per heavy atom. The Kier molecular flexibility index (Phi) is 6.28. The van der Waals surface area contributed by atoms with Crippen molar-refractivity contribution in [1.29, 1.82) is 0 Å². The molecule has 1 amide bonds. The van der Waals surface area contributed by atoms with Crippen LogP contribution in [0, 0.1) is 6.92 Å². The molecule has 0 saturated carbocycles. The molecule has 0 fully saturated rings. The van der Waals surface area contributed by atoms with E-state index in [9.17, 15) is 17.6 Å². The molecule has 0 aliphatic heterocycles. The number of aromatic nitrogens is 2. The van der Waals surface area contributed by atoms with Gasteiger partial charge in [-0.3, -0.25) is 4.79 Å². The van der Waals surface area contributed by atoms with Gasteiger partial charge in [-0.05, 0) is 42.8 Å². The first kappa shape index (κ1) is 22.6. The number of hydrogen-bond acceptors (Lipinski definition) is 5. The van der Waals surface area contributed by atoms with Crippen LogP contribution in [0.4, 0.5) is 4.39 Å². The number of rotatable bonds is 6. The summed E-state index contributed by atoms with van der Waals surface area (Å²) < 4.78 is 40.0. The Hall–Kier alpha value is -3.04. The summed E-state index contributed by atoms with van der Waals surface area (Å²) in [4.78, 5) is 18.9. The number of imidazole rings is 1. The minimum Gasteiger partial charge on any atom is -0.345 e. The van der Waals surface area contributed by atoms with E-state index in [1.165, 1.54) is 17.0 Å². The highest BCUT2D eigenvalue weighted by Gasteiger charge is 2.19. The molecule has 0 spiro atoms. The van der Waals surface area contributed by atoms with Gasteiger partial charge in [-0.15, -0.1) is 0 Å². The second-order valence-corrected chi connectivity index (χ2v) is 9.54. The predicted molar refractivity (Wildman–Crippen MR) is 119 cm³/mol. The Balaban J connectivity index is 2.33. The number of amides is 1. The van der Waals surface area contributed by atoms with Crippen molar-refractivity contribution >= 4 is 26.8 Å². The topological polar surface area (TPSA) is 98.3 Å². The first-order valence-electron chi connectivity index (χ1n) is 9.60. The van der Waals surface area contributed by atoms with E-state index in [1.807, 2.05) is 0 Å². The maximum atomic E-state index is 14.3. The third-order valence-electron chi connectivity index (χ3n) is 4.92. The third kappa shape index (κ3) is 4.67. The number of hydrogen-bond donors (Lipinski definition) is 1. The fraction of sp³-hybridized carbons (Fsp3) is 0.273. The molecule has 2 aromatic carbocycles. The Morgan fingerprint density at radius 2 is 1.97 bits per heavy atom. The van der Waals surface area contributed by atoms with Crippen LogP contribution in [-0.2, 0) is 16.4 Å². The molecule has 164 valence electrons. The molecule has 0 saturated heterocycles. The van der Waals surface area contributed by atoms with Crippen LogP contribution in [0.1, 0.15) is 16.2 Å². The maximum Gasteiger partial charge on any atom is 0.253 e. The van der Waals surface area contributed by atoms with E-state index in [1.54, 1.807) is 55.9 Å². The van der Waals surface area contributed by atoms with E-state index in [4.69, 9.17) is 5.73 Å². The largest absolute Gasteiger partial charge is 0.345 e. The van der Waals surface area contributed by atoms with E-state index in [0.29, 0.717) is 33.5 Å². The van der Waals surface area contributed by atoms with E-state index in [-0.39, 0.29) is 23.9 Å². The summed E-state index contributed by atoms with van der Waals surface area (Å²) in [7, 11) is -0.138. The number of allylic oxidation sites excluding steroid dienone is 1. The molecule has 0 aliphatic carbocycles. The molecule has 0 unspecified atom stereocenters. The van der Waals surface area contributed by atoms with Gasteiger partial charge in [0, 0.05) is 38.0 Å². The zero-order chi connectivity index (χ0) is 22.9. The van der Waals surface area contributed by atoms with Gasteiger partial charge in [0.2, 0.25) is 0 Å². The Morgan fingerprint density at radius 1 is 1.26 bits per heavy atom. The average molecular weight is 445 g/mol. The van der Waals surface area contributed by atoms with Gasteiger partial charge in [0.25, 0.3) is 5.91 Å². The van der Waals surface area contributed by atoms with Gasteiger partial charge in [-0.25, -0.2) is 17.8 Å². The molecule has 7 nitrogen and oxygen atoms in total.